The fraction of sp³-hybridized carbons (Fsp3) is 0.241. The molecule has 0 unspecified atom stereocenters. The van der Waals surface area contributed by atoms with E-state index in [4.69, 9.17) is 4.74 Å². The van der Waals surface area contributed by atoms with Crippen molar-refractivity contribution in [2.24, 2.45) is 5.92 Å². The maximum atomic E-state index is 13.4. The Kier molecular flexibility index (Phi) is 7.90. The van der Waals surface area contributed by atoms with Crippen LogP contribution in [-0.2, 0) is 20.9 Å². The number of para-hydroxylation sites is 1. The van der Waals surface area contributed by atoms with Crippen LogP contribution in [0, 0.1) is 5.92 Å². The quantitative estimate of drug-likeness (QED) is 0.336. The molecule has 3 aromatic carbocycles. The lowest BCUT2D eigenvalue weighted by molar-refractivity contribution is -0.142. The zero-order valence-electron chi connectivity index (χ0n) is 20.6. The van der Waals surface area contributed by atoms with Crippen LogP contribution in [0.5, 0.6) is 0 Å². The standard InChI is InChI=1S/C29H30N4O3/c1-19(2)26(29(35)36-3)33-27-22-16-10-11-17-23(22)31-24(32-27)18-30-28(34)25(20-12-6-4-7-13-20)21-14-8-5-9-15-21/h4-17,19,25-26H,18H2,1-3H3,(H,30,34)(H,31,32,33)/t26-/m0/s1. The molecule has 2 N–H and O–H groups in total. The lowest BCUT2D eigenvalue weighted by Gasteiger charge is -2.22. The van der Waals surface area contributed by atoms with Gasteiger partial charge in [0, 0.05) is 5.39 Å². The predicted octanol–water partition coefficient (Wildman–Crippen LogP) is 4.69. The highest BCUT2D eigenvalue weighted by atomic mass is 16.5. The van der Waals surface area contributed by atoms with Gasteiger partial charge in [-0.1, -0.05) is 86.6 Å². The van der Waals surface area contributed by atoms with Crippen LogP contribution in [0.2, 0.25) is 0 Å². The van der Waals surface area contributed by atoms with Gasteiger partial charge in [0.15, 0.2) is 5.82 Å². The minimum Gasteiger partial charge on any atom is -0.467 e. The molecule has 0 radical (unpaired) electrons. The number of esters is 1. The van der Waals surface area contributed by atoms with Crippen molar-refractivity contribution in [3.63, 3.8) is 0 Å². The fourth-order valence-electron chi connectivity index (χ4n) is 4.14. The van der Waals surface area contributed by atoms with Gasteiger partial charge in [-0.25, -0.2) is 14.8 Å². The normalized spacial score (nSPS) is 11.9. The SMILES string of the molecule is COC(=O)[C@@H](Nc1nc(CNC(=O)C(c2ccccc2)c2ccccc2)nc2ccccc12)C(C)C. The van der Waals surface area contributed by atoms with Crippen molar-refractivity contribution in [1.82, 2.24) is 15.3 Å². The third-order valence-electron chi connectivity index (χ3n) is 6.01. The van der Waals surface area contributed by atoms with Gasteiger partial charge in [0.2, 0.25) is 5.91 Å². The molecule has 36 heavy (non-hydrogen) atoms. The van der Waals surface area contributed by atoms with Gasteiger partial charge in [0.25, 0.3) is 0 Å². The minimum atomic E-state index is -0.573. The smallest absolute Gasteiger partial charge is 0.328 e. The van der Waals surface area contributed by atoms with Crippen LogP contribution in [0.25, 0.3) is 10.9 Å². The third kappa shape index (κ3) is 5.68. The Morgan fingerprint density at radius 1 is 0.833 bits per heavy atom. The fourth-order valence-corrected chi connectivity index (χ4v) is 4.14. The number of carbonyl (C=O) groups excluding carboxylic acids is 2. The molecular formula is C29H30N4O3. The number of methoxy groups -OCH3 is 1. The third-order valence-corrected chi connectivity index (χ3v) is 6.01. The Morgan fingerprint density at radius 3 is 2.00 bits per heavy atom. The lowest BCUT2D eigenvalue weighted by atomic mass is 9.90. The number of hydrogen-bond donors (Lipinski definition) is 2. The summed E-state index contributed by atoms with van der Waals surface area (Å²) in [7, 11) is 1.37. The van der Waals surface area contributed by atoms with E-state index in [1.54, 1.807) is 0 Å². The molecule has 1 amide bonds. The molecule has 1 atom stereocenters. The largest absolute Gasteiger partial charge is 0.467 e. The predicted molar refractivity (Wildman–Crippen MR) is 140 cm³/mol. The molecule has 0 aliphatic heterocycles. The maximum absolute atomic E-state index is 13.4. The number of rotatable bonds is 9. The van der Waals surface area contributed by atoms with Crippen LogP contribution in [0.3, 0.4) is 0 Å². The molecule has 0 fully saturated rings. The van der Waals surface area contributed by atoms with Gasteiger partial charge in [-0.3, -0.25) is 4.79 Å². The van der Waals surface area contributed by atoms with E-state index in [1.165, 1.54) is 7.11 Å². The summed E-state index contributed by atoms with van der Waals surface area (Å²) in [5.74, 6) is -0.0280. The molecule has 0 saturated heterocycles. The van der Waals surface area contributed by atoms with Crippen molar-refractivity contribution >= 4 is 28.6 Å². The molecular weight excluding hydrogens is 452 g/mol. The van der Waals surface area contributed by atoms with E-state index in [9.17, 15) is 9.59 Å². The van der Waals surface area contributed by atoms with Gasteiger partial charge in [-0.2, -0.15) is 0 Å². The van der Waals surface area contributed by atoms with Crippen molar-refractivity contribution in [2.45, 2.75) is 32.4 Å². The van der Waals surface area contributed by atoms with Crippen molar-refractivity contribution in [3.8, 4) is 0 Å². The first-order valence-corrected chi connectivity index (χ1v) is 12.0. The first-order valence-electron chi connectivity index (χ1n) is 12.0. The number of amides is 1. The van der Waals surface area contributed by atoms with Crippen LogP contribution >= 0.6 is 0 Å². The molecule has 1 heterocycles. The number of carbonyl (C=O) groups is 2. The van der Waals surface area contributed by atoms with Gasteiger partial charge in [0.1, 0.15) is 11.9 Å². The Labute approximate surface area is 210 Å². The summed E-state index contributed by atoms with van der Waals surface area (Å²) < 4.78 is 4.98. The second-order valence-corrected chi connectivity index (χ2v) is 8.87. The molecule has 0 aliphatic rings. The van der Waals surface area contributed by atoms with Crippen LogP contribution in [0.15, 0.2) is 84.9 Å². The highest BCUT2D eigenvalue weighted by Crippen LogP contribution is 2.26. The number of nitrogens with zero attached hydrogens (tertiary/aromatic N) is 2. The van der Waals surface area contributed by atoms with Crippen molar-refractivity contribution in [3.05, 3.63) is 102 Å². The highest BCUT2D eigenvalue weighted by Gasteiger charge is 2.25. The number of fused-ring (bicyclic) bond motifs is 1. The first-order chi connectivity index (χ1) is 17.5. The first kappa shape index (κ1) is 24.9. The molecule has 7 nitrogen and oxygen atoms in total. The van der Waals surface area contributed by atoms with Crippen LogP contribution in [-0.4, -0.2) is 35.0 Å². The zero-order valence-corrected chi connectivity index (χ0v) is 20.6. The summed E-state index contributed by atoms with van der Waals surface area (Å²) in [6.07, 6.45) is 0. The van der Waals surface area contributed by atoms with E-state index in [2.05, 4.69) is 20.6 Å². The molecule has 0 bridgehead atoms. The number of anilines is 1. The van der Waals surface area contributed by atoms with E-state index < -0.39 is 12.0 Å². The summed E-state index contributed by atoms with van der Waals surface area (Å²) in [5, 5.41) is 7.04. The van der Waals surface area contributed by atoms with Crippen molar-refractivity contribution < 1.29 is 14.3 Å². The molecule has 0 saturated carbocycles. The maximum Gasteiger partial charge on any atom is 0.328 e. The summed E-state index contributed by atoms with van der Waals surface area (Å²) in [5.41, 5.74) is 2.52. The summed E-state index contributed by atoms with van der Waals surface area (Å²) in [6.45, 7) is 4.01. The van der Waals surface area contributed by atoms with E-state index in [0.717, 1.165) is 16.5 Å². The number of aromatic nitrogens is 2. The second kappa shape index (κ2) is 11.4. The second-order valence-electron chi connectivity index (χ2n) is 8.87. The minimum absolute atomic E-state index is 0.0215. The van der Waals surface area contributed by atoms with E-state index >= 15 is 0 Å². The molecule has 184 valence electrons. The van der Waals surface area contributed by atoms with Crippen molar-refractivity contribution in [2.75, 3.05) is 12.4 Å². The number of benzene rings is 3. The van der Waals surface area contributed by atoms with E-state index in [0.29, 0.717) is 17.2 Å². The topological polar surface area (TPSA) is 93.2 Å². The molecule has 4 rings (SSSR count). The molecule has 7 heteroatoms. The van der Waals surface area contributed by atoms with Crippen molar-refractivity contribution in [1.29, 1.82) is 0 Å². The Balaban J connectivity index is 1.61. The van der Waals surface area contributed by atoms with E-state index in [-0.39, 0.29) is 24.3 Å². The van der Waals surface area contributed by atoms with Gasteiger partial charge >= 0.3 is 5.97 Å². The molecule has 1 aromatic heterocycles. The molecule has 0 spiro atoms. The van der Waals surface area contributed by atoms with Gasteiger partial charge in [0.05, 0.1) is 25.1 Å². The van der Waals surface area contributed by atoms with Crippen LogP contribution in [0.4, 0.5) is 5.82 Å². The van der Waals surface area contributed by atoms with E-state index in [1.807, 2.05) is 98.8 Å². The van der Waals surface area contributed by atoms with Gasteiger partial charge in [-0.15, -0.1) is 0 Å². The van der Waals surface area contributed by atoms with Gasteiger partial charge < -0.3 is 15.4 Å². The number of hydrogen-bond acceptors (Lipinski definition) is 6. The summed E-state index contributed by atoms with van der Waals surface area (Å²) >= 11 is 0. The average molecular weight is 483 g/mol. The highest BCUT2D eigenvalue weighted by molar-refractivity contribution is 5.91. The Hall–Kier alpha value is -4.26. The molecule has 0 aliphatic carbocycles. The summed E-state index contributed by atoms with van der Waals surface area (Å²) in [4.78, 5) is 35.1. The average Bonchev–Trinajstić information content (AvgIpc) is 2.91. The van der Waals surface area contributed by atoms with Crippen LogP contribution < -0.4 is 10.6 Å². The lowest BCUT2D eigenvalue weighted by Crippen LogP contribution is -2.36. The summed E-state index contributed by atoms with van der Waals surface area (Å²) in [6, 6.07) is 26.4. The Bertz CT molecular complexity index is 1290. The molecule has 4 aromatic rings. The number of ether oxygens (including phenoxy) is 1. The van der Waals surface area contributed by atoms with Gasteiger partial charge in [-0.05, 0) is 29.2 Å². The number of nitrogens with one attached hydrogen (secondary N) is 2. The monoisotopic (exact) mass is 482 g/mol. The van der Waals surface area contributed by atoms with Crippen LogP contribution in [0.1, 0.15) is 36.7 Å². The zero-order chi connectivity index (χ0) is 25.5. The Morgan fingerprint density at radius 2 is 1.42 bits per heavy atom.